The number of nitrogens with one attached hydrogen (secondary N) is 1. The predicted molar refractivity (Wildman–Crippen MR) is 96.4 cm³/mol. The van der Waals surface area contributed by atoms with Crippen LogP contribution in [0.2, 0.25) is 0 Å². The van der Waals surface area contributed by atoms with Gasteiger partial charge in [0.1, 0.15) is 5.58 Å². The van der Waals surface area contributed by atoms with E-state index in [1.165, 1.54) is 0 Å². The van der Waals surface area contributed by atoms with Crippen LogP contribution in [-0.2, 0) is 14.8 Å². The van der Waals surface area contributed by atoms with Crippen molar-refractivity contribution in [1.29, 1.82) is 0 Å². The Morgan fingerprint density at radius 1 is 1.31 bits per heavy atom. The summed E-state index contributed by atoms with van der Waals surface area (Å²) in [4.78, 5) is 14.7. The molecule has 0 unspecified atom stereocenters. The smallest absolute Gasteiger partial charge is 0.289 e. The van der Waals surface area contributed by atoms with Gasteiger partial charge < -0.3 is 14.1 Å². The summed E-state index contributed by atoms with van der Waals surface area (Å²) < 4.78 is 36.8. The van der Waals surface area contributed by atoms with Gasteiger partial charge in [0, 0.05) is 42.4 Å². The van der Waals surface area contributed by atoms with Gasteiger partial charge in [-0.15, -0.1) is 0 Å². The molecule has 2 aromatic rings. The van der Waals surface area contributed by atoms with Crippen LogP contribution >= 0.6 is 0 Å². The number of carbonyl (C=O) groups excluding carboxylic acids is 1. The molecule has 8 heteroatoms. The molecule has 1 N–H and O–H groups in total. The molecule has 0 aliphatic carbocycles. The summed E-state index contributed by atoms with van der Waals surface area (Å²) in [6, 6.07) is 7.60. The maximum Gasteiger partial charge on any atom is 0.289 e. The standard InChI is InChI=1S/C18H22N2O5S/c1-11-13-5-3-4-6-15(13)25-17(11)18(21)20-8-14-12(7-19-26(2,22)23)10-24-16(14)9-20/h3-6,12,14,16,19H,7-10H2,1-2H3/t12-,14+,16+/m0/s1. The Morgan fingerprint density at radius 2 is 2.08 bits per heavy atom. The van der Waals surface area contributed by atoms with Gasteiger partial charge in [0.15, 0.2) is 5.76 Å². The SMILES string of the molecule is Cc1c(C(=O)N2C[C@@H]3[C@@H](CNS(C)(=O)=O)CO[C@@H]3C2)oc2ccccc12. The van der Waals surface area contributed by atoms with Crippen molar-refractivity contribution >= 4 is 26.9 Å². The molecular weight excluding hydrogens is 356 g/mol. The summed E-state index contributed by atoms with van der Waals surface area (Å²) in [7, 11) is -3.23. The van der Waals surface area contributed by atoms with Gasteiger partial charge in [-0.25, -0.2) is 13.1 Å². The van der Waals surface area contributed by atoms with Crippen LogP contribution < -0.4 is 4.72 Å². The number of sulfonamides is 1. The number of likely N-dealkylation sites (tertiary alicyclic amines) is 1. The second-order valence-corrected chi connectivity index (χ2v) is 9.01. The third-order valence-corrected chi connectivity index (χ3v) is 6.06. The fraction of sp³-hybridized carbons (Fsp3) is 0.500. The molecule has 3 heterocycles. The molecule has 2 saturated heterocycles. The number of aryl methyl sites for hydroxylation is 1. The highest BCUT2D eigenvalue weighted by atomic mass is 32.2. The van der Waals surface area contributed by atoms with Crippen LogP contribution in [0.15, 0.2) is 28.7 Å². The van der Waals surface area contributed by atoms with E-state index in [2.05, 4.69) is 4.72 Å². The molecule has 0 spiro atoms. The Labute approximate surface area is 152 Å². The maximum atomic E-state index is 13.0. The molecule has 0 radical (unpaired) electrons. The van der Waals surface area contributed by atoms with Crippen LogP contribution in [0.3, 0.4) is 0 Å². The lowest BCUT2D eigenvalue weighted by Crippen LogP contribution is -2.35. The lowest BCUT2D eigenvalue weighted by molar-refractivity contribution is 0.0653. The summed E-state index contributed by atoms with van der Waals surface area (Å²) in [5.74, 6) is 0.450. The molecule has 0 bridgehead atoms. The summed E-state index contributed by atoms with van der Waals surface area (Å²) >= 11 is 0. The molecule has 1 aromatic heterocycles. The number of para-hydroxylation sites is 1. The third-order valence-electron chi connectivity index (χ3n) is 5.37. The van der Waals surface area contributed by atoms with Crippen molar-refractivity contribution in [2.24, 2.45) is 11.8 Å². The summed E-state index contributed by atoms with van der Waals surface area (Å²) in [6.45, 7) is 3.81. The van der Waals surface area contributed by atoms with E-state index in [1.807, 2.05) is 31.2 Å². The summed E-state index contributed by atoms with van der Waals surface area (Å²) in [5, 5.41) is 0.946. The van der Waals surface area contributed by atoms with Gasteiger partial charge in [0.05, 0.1) is 19.0 Å². The highest BCUT2D eigenvalue weighted by Crippen LogP contribution is 2.35. The molecule has 2 fully saturated rings. The normalized spacial score (nSPS) is 25.8. The molecule has 1 amide bonds. The van der Waals surface area contributed by atoms with E-state index in [9.17, 15) is 13.2 Å². The monoisotopic (exact) mass is 378 g/mol. The molecule has 26 heavy (non-hydrogen) atoms. The first kappa shape index (κ1) is 17.5. The number of amides is 1. The van der Waals surface area contributed by atoms with Crippen LogP contribution in [-0.4, -0.2) is 57.8 Å². The highest BCUT2D eigenvalue weighted by molar-refractivity contribution is 7.88. The van der Waals surface area contributed by atoms with Crippen LogP contribution in [0.4, 0.5) is 0 Å². The number of carbonyl (C=O) groups is 1. The number of rotatable bonds is 4. The van der Waals surface area contributed by atoms with Gasteiger partial charge in [0.25, 0.3) is 5.91 Å². The van der Waals surface area contributed by atoms with E-state index < -0.39 is 10.0 Å². The number of benzene rings is 1. The zero-order chi connectivity index (χ0) is 18.5. The van der Waals surface area contributed by atoms with E-state index in [0.717, 1.165) is 17.2 Å². The Balaban J connectivity index is 1.49. The quantitative estimate of drug-likeness (QED) is 0.868. The zero-order valence-corrected chi connectivity index (χ0v) is 15.6. The van der Waals surface area contributed by atoms with Crippen LogP contribution in [0, 0.1) is 18.8 Å². The van der Waals surface area contributed by atoms with Gasteiger partial charge in [0.2, 0.25) is 10.0 Å². The van der Waals surface area contributed by atoms with Gasteiger partial charge >= 0.3 is 0 Å². The number of nitrogens with zero attached hydrogens (tertiary/aromatic N) is 1. The van der Waals surface area contributed by atoms with Crippen molar-refractivity contribution in [3.8, 4) is 0 Å². The molecule has 1 aromatic carbocycles. The number of furan rings is 1. The Hall–Kier alpha value is -1.90. The van der Waals surface area contributed by atoms with E-state index in [0.29, 0.717) is 37.6 Å². The first-order valence-corrected chi connectivity index (χ1v) is 10.6. The molecule has 0 saturated carbocycles. The van der Waals surface area contributed by atoms with Crippen molar-refractivity contribution in [1.82, 2.24) is 9.62 Å². The number of hydrogen-bond acceptors (Lipinski definition) is 5. The fourth-order valence-corrected chi connectivity index (χ4v) is 4.47. The second kappa shape index (κ2) is 6.37. The Kier molecular flexibility index (Phi) is 4.29. The zero-order valence-electron chi connectivity index (χ0n) is 14.8. The molecule has 140 valence electrons. The predicted octanol–water partition coefficient (Wildman–Crippen LogP) is 1.38. The second-order valence-electron chi connectivity index (χ2n) is 7.18. The lowest BCUT2D eigenvalue weighted by atomic mass is 9.93. The van der Waals surface area contributed by atoms with Gasteiger partial charge in [-0.05, 0) is 13.0 Å². The van der Waals surface area contributed by atoms with Crippen LogP contribution in [0.25, 0.3) is 11.0 Å². The first-order valence-electron chi connectivity index (χ1n) is 8.67. The minimum absolute atomic E-state index is 0.0463. The molecule has 4 rings (SSSR count). The van der Waals surface area contributed by atoms with Gasteiger partial charge in [-0.1, -0.05) is 18.2 Å². The average molecular weight is 378 g/mol. The van der Waals surface area contributed by atoms with Crippen LogP contribution in [0.1, 0.15) is 16.1 Å². The number of hydrogen-bond donors (Lipinski definition) is 1. The van der Waals surface area contributed by atoms with Crippen molar-refractivity contribution in [2.75, 3.05) is 32.5 Å². The summed E-state index contributed by atoms with van der Waals surface area (Å²) in [5.41, 5.74) is 1.55. The molecule has 7 nitrogen and oxygen atoms in total. The van der Waals surface area contributed by atoms with E-state index in [-0.39, 0.29) is 23.8 Å². The molecule has 3 atom stereocenters. The molecule has 2 aliphatic rings. The van der Waals surface area contributed by atoms with Crippen molar-refractivity contribution in [3.63, 3.8) is 0 Å². The topological polar surface area (TPSA) is 88.9 Å². The minimum atomic E-state index is -3.23. The molecule has 2 aliphatic heterocycles. The van der Waals surface area contributed by atoms with Crippen LogP contribution in [0.5, 0.6) is 0 Å². The largest absolute Gasteiger partial charge is 0.451 e. The average Bonchev–Trinajstić information content (AvgIpc) is 3.25. The lowest BCUT2D eigenvalue weighted by Gasteiger charge is -2.19. The van der Waals surface area contributed by atoms with Crippen molar-refractivity contribution in [2.45, 2.75) is 13.0 Å². The van der Waals surface area contributed by atoms with E-state index in [4.69, 9.17) is 9.15 Å². The minimum Gasteiger partial charge on any atom is -0.451 e. The maximum absolute atomic E-state index is 13.0. The Morgan fingerprint density at radius 3 is 2.81 bits per heavy atom. The van der Waals surface area contributed by atoms with Crippen molar-refractivity contribution < 1.29 is 22.4 Å². The van der Waals surface area contributed by atoms with Gasteiger partial charge in [-0.3, -0.25) is 4.79 Å². The number of ether oxygens (including phenoxy) is 1. The van der Waals surface area contributed by atoms with Crippen molar-refractivity contribution in [3.05, 3.63) is 35.6 Å². The molecular formula is C18H22N2O5S. The first-order chi connectivity index (χ1) is 12.3. The number of fused-ring (bicyclic) bond motifs is 2. The van der Waals surface area contributed by atoms with Gasteiger partial charge in [-0.2, -0.15) is 0 Å². The third kappa shape index (κ3) is 3.13. The highest BCUT2D eigenvalue weighted by Gasteiger charge is 2.46. The Bertz CT molecular complexity index is 952. The van der Waals surface area contributed by atoms with E-state index in [1.54, 1.807) is 4.90 Å². The summed E-state index contributed by atoms with van der Waals surface area (Å²) in [6.07, 6.45) is 1.10. The fourth-order valence-electron chi connectivity index (χ4n) is 3.96. The van der Waals surface area contributed by atoms with E-state index >= 15 is 0 Å².